The summed E-state index contributed by atoms with van der Waals surface area (Å²) in [7, 11) is 1.46. The van der Waals surface area contributed by atoms with Crippen LogP contribution in [0.3, 0.4) is 0 Å². The first-order valence-electron chi connectivity index (χ1n) is 10.4. The van der Waals surface area contributed by atoms with Crippen LogP contribution in [-0.4, -0.2) is 45.1 Å². The normalized spacial score (nSPS) is 11.7. The Labute approximate surface area is 191 Å². The molecule has 0 aliphatic heterocycles. The van der Waals surface area contributed by atoms with E-state index in [9.17, 15) is 9.59 Å². The molecule has 33 heavy (non-hydrogen) atoms. The van der Waals surface area contributed by atoms with Crippen molar-refractivity contribution in [2.45, 2.75) is 13.0 Å². The lowest BCUT2D eigenvalue weighted by Gasteiger charge is -2.12. The maximum Gasteiger partial charge on any atom is 0.251 e. The van der Waals surface area contributed by atoms with E-state index in [-0.39, 0.29) is 24.5 Å². The number of amides is 2. The van der Waals surface area contributed by atoms with Crippen molar-refractivity contribution in [3.05, 3.63) is 90.5 Å². The molecule has 0 saturated heterocycles. The van der Waals surface area contributed by atoms with Gasteiger partial charge in [-0.25, -0.2) is 9.36 Å². The first kappa shape index (κ1) is 22.0. The van der Waals surface area contributed by atoms with Crippen LogP contribution in [0.2, 0.25) is 0 Å². The number of rotatable bonds is 8. The average Bonchev–Trinajstić information content (AvgIpc) is 3.50. The first-order chi connectivity index (χ1) is 16.0. The van der Waals surface area contributed by atoms with Crippen LogP contribution in [0.15, 0.2) is 79.4 Å². The maximum atomic E-state index is 12.7. The largest absolute Gasteiger partial charge is 0.375 e. The number of anilines is 1. The molecular formula is C24H24N6O3. The van der Waals surface area contributed by atoms with Crippen molar-refractivity contribution < 1.29 is 14.3 Å². The Balaban J connectivity index is 1.38. The third-order valence-electron chi connectivity index (χ3n) is 5.01. The van der Waals surface area contributed by atoms with Gasteiger partial charge in [0.25, 0.3) is 5.91 Å². The number of hydrogen-bond acceptors (Lipinski definition) is 5. The van der Waals surface area contributed by atoms with Crippen molar-refractivity contribution in [3.63, 3.8) is 0 Å². The van der Waals surface area contributed by atoms with E-state index in [4.69, 9.17) is 4.74 Å². The van der Waals surface area contributed by atoms with Crippen LogP contribution in [0, 0.1) is 0 Å². The molecule has 0 saturated carbocycles. The standard InChI is InChI=1S/C24H24N6O3/c1-17(19-12-25-29(14-19)21-6-4-3-5-7-21)27-24(32)18-8-10-22(11-9-18)30-15-20(13-26-30)28-23(31)16-33-2/h3-15,17H,16H2,1-2H3,(H,27,32)(H,28,31)/t17-/m1/s1. The molecule has 2 heterocycles. The summed E-state index contributed by atoms with van der Waals surface area (Å²) < 4.78 is 8.19. The number of para-hydroxylation sites is 1. The third kappa shape index (κ3) is 5.34. The van der Waals surface area contributed by atoms with E-state index in [0.717, 1.165) is 16.9 Å². The maximum absolute atomic E-state index is 12.7. The fourth-order valence-corrected chi connectivity index (χ4v) is 3.27. The van der Waals surface area contributed by atoms with Gasteiger partial charge in [0.15, 0.2) is 0 Å². The molecule has 4 rings (SSSR count). The Morgan fingerprint density at radius 1 is 0.939 bits per heavy atom. The number of aromatic nitrogens is 4. The van der Waals surface area contributed by atoms with Crippen molar-refractivity contribution in [2.24, 2.45) is 0 Å². The van der Waals surface area contributed by atoms with Crippen LogP contribution < -0.4 is 10.6 Å². The molecule has 0 aliphatic carbocycles. The van der Waals surface area contributed by atoms with Crippen LogP contribution in [0.4, 0.5) is 5.69 Å². The van der Waals surface area contributed by atoms with E-state index in [1.54, 1.807) is 52.2 Å². The van der Waals surface area contributed by atoms with E-state index in [1.165, 1.54) is 7.11 Å². The second-order valence-corrected chi connectivity index (χ2v) is 7.45. The van der Waals surface area contributed by atoms with Crippen LogP contribution in [0.25, 0.3) is 11.4 Å². The molecule has 0 aliphatic rings. The Bertz CT molecular complexity index is 1230. The molecule has 9 nitrogen and oxygen atoms in total. The van der Waals surface area contributed by atoms with Gasteiger partial charge in [-0.05, 0) is 43.3 Å². The number of carbonyl (C=O) groups is 2. The van der Waals surface area contributed by atoms with Crippen molar-refractivity contribution in [3.8, 4) is 11.4 Å². The summed E-state index contributed by atoms with van der Waals surface area (Å²) in [5.74, 6) is -0.443. The molecule has 4 aromatic rings. The van der Waals surface area contributed by atoms with Gasteiger partial charge in [-0.1, -0.05) is 18.2 Å². The molecule has 0 spiro atoms. The highest BCUT2D eigenvalue weighted by molar-refractivity contribution is 5.94. The fraction of sp³-hybridized carbons (Fsp3) is 0.167. The Hall–Kier alpha value is -4.24. The van der Waals surface area contributed by atoms with Gasteiger partial charge in [-0.15, -0.1) is 0 Å². The first-order valence-corrected chi connectivity index (χ1v) is 10.4. The summed E-state index contributed by atoms with van der Waals surface area (Å²) in [6.45, 7) is 1.89. The number of methoxy groups -OCH3 is 1. The van der Waals surface area contributed by atoms with Gasteiger partial charge in [0.1, 0.15) is 6.61 Å². The van der Waals surface area contributed by atoms with Gasteiger partial charge >= 0.3 is 0 Å². The number of nitrogens with zero attached hydrogens (tertiary/aromatic N) is 4. The quantitative estimate of drug-likeness (QED) is 0.435. The minimum atomic E-state index is -0.257. The highest BCUT2D eigenvalue weighted by Crippen LogP contribution is 2.17. The molecule has 2 aromatic carbocycles. The van der Waals surface area contributed by atoms with E-state index >= 15 is 0 Å². The Kier molecular flexibility index (Phi) is 6.61. The molecule has 0 fully saturated rings. The molecule has 2 aromatic heterocycles. The second-order valence-electron chi connectivity index (χ2n) is 7.45. The fourth-order valence-electron chi connectivity index (χ4n) is 3.27. The molecule has 168 valence electrons. The molecule has 1 atom stereocenters. The van der Waals surface area contributed by atoms with Crippen LogP contribution in [0.1, 0.15) is 28.9 Å². The number of carbonyl (C=O) groups excluding carboxylic acids is 2. The van der Waals surface area contributed by atoms with Crippen molar-refractivity contribution >= 4 is 17.5 Å². The molecule has 2 N–H and O–H groups in total. The predicted octanol–water partition coefficient (Wildman–Crippen LogP) is 3.13. The third-order valence-corrected chi connectivity index (χ3v) is 5.01. The van der Waals surface area contributed by atoms with Crippen LogP contribution in [0.5, 0.6) is 0 Å². The zero-order valence-corrected chi connectivity index (χ0v) is 18.3. The summed E-state index contributed by atoms with van der Waals surface area (Å²) in [6.07, 6.45) is 6.90. The SMILES string of the molecule is COCC(=O)Nc1cnn(-c2ccc(C(=O)N[C@H](C)c3cnn(-c4ccccc4)c3)cc2)c1. The lowest BCUT2D eigenvalue weighted by Crippen LogP contribution is -2.26. The van der Waals surface area contributed by atoms with E-state index in [0.29, 0.717) is 11.3 Å². The number of benzene rings is 2. The number of hydrogen-bond donors (Lipinski definition) is 2. The van der Waals surface area contributed by atoms with Gasteiger partial charge in [-0.3, -0.25) is 9.59 Å². The minimum Gasteiger partial charge on any atom is -0.375 e. The zero-order valence-electron chi connectivity index (χ0n) is 18.3. The monoisotopic (exact) mass is 444 g/mol. The van der Waals surface area contributed by atoms with E-state index in [1.807, 2.05) is 43.5 Å². The highest BCUT2D eigenvalue weighted by Gasteiger charge is 2.14. The lowest BCUT2D eigenvalue weighted by molar-refractivity contribution is -0.119. The number of nitrogens with one attached hydrogen (secondary N) is 2. The summed E-state index contributed by atoms with van der Waals surface area (Å²) in [5.41, 5.74) is 3.71. The molecule has 9 heteroatoms. The van der Waals surface area contributed by atoms with Crippen molar-refractivity contribution in [1.82, 2.24) is 24.9 Å². The Morgan fingerprint density at radius 3 is 2.33 bits per heavy atom. The Morgan fingerprint density at radius 2 is 1.61 bits per heavy atom. The van der Waals surface area contributed by atoms with E-state index in [2.05, 4.69) is 20.8 Å². The highest BCUT2D eigenvalue weighted by atomic mass is 16.5. The summed E-state index contributed by atoms with van der Waals surface area (Å²) in [4.78, 5) is 24.3. The van der Waals surface area contributed by atoms with Gasteiger partial charge in [0, 0.05) is 24.4 Å². The van der Waals surface area contributed by atoms with E-state index < -0.39 is 0 Å². The molecule has 2 amide bonds. The zero-order chi connectivity index (χ0) is 23.2. The molecular weight excluding hydrogens is 420 g/mol. The molecule has 0 radical (unpaired) electrons. The van der Waals surface area contributed by atoms with Gasteiger partial charge < -0.3 is 15.4 Å². The lowest BCUT2D eigenvalue weighted by atomic mass is 10.1. The summed E-state index contributed by atoms with van der Waals surface area (Å²) >= 11 is 0. The topological polar surface area (TPSA) is 103 Å². The average molecular weight is 444 g/mol. The summed E-state index contributed by atoms with van der Waals surface area (Å²) in [6, 6.07) is 16.6. The van der Waals surface area contributed by atoms with Crippen molar-refractivity contribution in [1.29, 1.82) is 0 Å². The summed E-state index contributed by atoms with van der Waals surface area (Å²) in [5, 5.41) is 14.3. The minimum absolute atomic E-state index is 0.0273. The molecule has 0 bridgehead atoms. The van der Waals surface area contributed by atoms with Crippen molar-refractivity contribution in [2.75, 3.05) is 19.0 Å². The van der Waals surface area contributed by atoms with Gasteiger partial charge in [-0.2, -0.15) is 10.2 Å². The predicted molar refractivity (Wildman–Crippen MR) is 124 cm³/mol. The van der Waals surface area contributed by atoms with Crippen LogP contribution >= 0.6 is 0 Å². The second kappa shape index (κ2) is 9.92. The smallest absolute Gasteiger partial charge is 0.251 e. The van der Waals surface area contributed by atoms with Gasteiger partial charge in [0.2, 0.25) is 5.91 Å². The molecule has 0 unspecified atom stereocenters. The van der Waals surface area contributed by atoms with Gasteiger partial charge in [0.05, 0.1) is 41.7 Å². The van der Waals surface area contributed by atoms with Crippen LogP contribution in [-0.2, 0) is 9.53 Å². The number of ether oxygens (including phenoxy) is 1.